The average Bonchev–Trinajstić information content (AvgIpc) is 2.99. The van der Waals surface area contributed by atoms with Gasteiger partial charge in [-0.2, -0.15) is 0 Å². The van der Waals surface area contributed by atoms with Crippen molar-refractivity contribution >= 4 is 51.7 Å². The number of fused-ring (bicyclic) bond motifs is 1. The Balaban J connectivity index is 1.89. The van der Waals surface area contributed by atoms with Gasteiger partial charge >= 0.3 is 0 Å². The van der Waals surface area contributed by atoms with E-state index in [0.717, 1.165) is 5.39 Å². The lowest BCUT2D eigenvalue weighted by atomic mass is 10.2. The number of nitrogens with one attached hydrogen (secondary N) is 2. The number of hydrogen-bond acceptors (Lipinski definition) is 3. The summed E-state index contributed by atoms with van der Waals surface area (Å²) in [5, 5.41) is 6.74. The van der Waals surface area contributed by atoms with Crippen LogP contribution in [0.4, 0.5) is 5.69 Å². The second-order valence-electron chi connectivity index (χ2n) is 5.02. The second-order valence-corrected chi connectivity index (χ2v) is 5.86. The van der Waals surface area contributed by atoms with Crippen molar-refractivity contribution in [2.45, 2.75) is 0 Å². The summed E-state index contributed by atoms with van der Waals surface area (Å²) in [6.07, 6.45) is 0. The summed E-state index contributed by atoms with van der Waals surface area (Å²) in [6, 6.07) is 11.3. The minimum absolute atomic E-state index is 0.119. The van der Waals surface area contributed by atoms with Gasteiger partial charge < -0.3 is 15.1 Å². The average molecular weight is 363 g/mol. The van der Waals surface area contributed by atoms with Gasteiger partial charge in [-0.1, -0.05) is 23.2 Å². The molecule has 0 unspecified atom stereocenters. The third-order valence-electron chi connectivity index (χ3n) is 3.41. The third-order valence-corrected chi connectivity index (χ3v) is 3.97. The number of carbonyl (C=O) groups excluding carboxylic acids is 2. The molecule has 3 rings (SSSR count). The highest BCUT2D eigenvalue weighted by molar-refractivity contribution is 6.34. The Kier molecular flexibility index (Phi) is 4.46. The summed E-state index contributed by atoms with van der Waals surface area (Å²) in [5.74, 6) is -0.632. The first kappa shape index (κ1) is 16.4. The van der Waals surface area contributed by atoms with Gasteiger partial charge in [-0.25, -0.2) is 0 Å². The first-order valence-electron chi connectivity index (χ1n) is 7.00. The molecule has 2 N–H and O–H groups in total. The topological polar surface area (TPSA) is 71.3 Å². The van der Waals surface area contributed by atoms with E-state index in [1.807, 2.05) is 0 Å². The molecule has 0 atom stereocenters. The second kappa shape index (κ2) is 6.55. The first-order valence-corrected chi connectivity index (χ1v) is 7.75. The van der Waals surface area contributed by atoms with Crippen molar-refractivity contribution in [2.75, 3.05) is 12.4 Å². The molecule has 0 aliphatic rings. The van der Waals surface area contributed by atoms with Crippen molar-refractivity contribution < 1.29 is 14.0 Å². The number of rotatable bonds is 3. The van der Waals surface area contributed by atoms with Gasteiger partial charge in [0.05, 0.1) is 10.7 Å². The SMILES string of the molecule is CNC(=O)c1ccc(Cl)c(NC(=O)c2cc3cc(Cl)ccc3o2)c1. The lowest BCUT2D eigenvalue weighted by Gasteiger charge is -2.08. The molecule has 0 aliphatic carbocycles. The van der Waals surface area contributed by atoms with E-state index in [1.54, 1.807) is 36.4 Å². The molecule has 0 fully saturated rings. The largest absolute Gasteiger partial charge is 0.451 e. The molecular weight excluding hydrogens is 351 g/mol. The molecule has 122 valence electrons. The van der Waals surface area contributed by atoms with Gasteiger partial charge in [-0.05, 0) is 42.5 Å². The van der Waals surface area contributed by atoms with Crippen LogP contribution >= 0.6 is 23.2 Å². The molecule has 1 heterocycles. The summed E-state index contributed by atoms with van der Waals surface area (Å²) in [5.41, 5.74) is 1.25. The van der Waals surface area contributed by atoms with Gasteiger partial charge in [0.25, 0.3) is 11.8 Å². The molecule has 3 aromatic rings. The molecule has 1 aromatic heterocycles. The molecule has 2 amide bonds. The summed E-state index contributed by atoms with van der Waals surface area (Å²) in [7, 11) is 1.52. The number of anilines is 1. The summed E-state index contributed by atoms with van der Waals surface area (Å²) in [4.78, 5) is 24.1. The van der Waals surface area contributed by atoms with Gasteiger partial charge in [0.1, 0.15) is 5.58 Å². The highest BCUT2D eigenvalue weighted by atomic mass is 35.5. The molecule has 0 saturated carbocycles. The zero-order chi connectivity index (χ0) is 17.3. The lowest BCUT2D eigenvalue weighted by Crippen LogP contribution is -2.18. The van der Waals surface area contributed by atoms with Gasteiger partial charge in [0.2, 0.25) is 0 Å². The van der Waals surface area contributed by atoms with Crippen LogP contribution in [0, 0.1) is 0 Å². The van der Waals surface area contributed by atoms with Gasteiger partial charge in [0, 0.05) is 23.0 Å². The Morgan fingerprint density at radius 2 is 1.79 bits per heavy atom. The van der Waals surface area contributed by atoms with Gasteiger partial charge in [-0.15, -0.1) is 0 Å². The normalized spacial score (nSPS) is 10.6. The van der Waals surface area contributed by atoms with Crippen LogP contribution in [0.25, 0.3) is 11.0 Å². The fourth-order valence-electron chi connectivity index (χ4n) is 2.22. The van der Waals surface area contributed by atoms with Crippen LogP contribution in [0.15, 0.2) is 46.9 Å². The smallest absolute Gasteiger partial charge is 0.291 e. The number of halogens is 2. The quantitative estimate of drug-likeness (QED) is 0.727. The van der Waals surface area contributed by atoms with Gasteiger partial charge in [-0.3, -0.25) is 9.59 Å². The summed E-state index contributed by atoms with van der Waals surface area (Å²) < 4.78 is 5.50. The molecule has 0 bridgehead atoms. The van der Waals surface area contributed by atoms with Crippen molar-refractivity contribution in [3.63, 3.8) is 0 Å². The molecule has 0 aliphatic heterocycles. The Bertz CT molecular complexity index is 950. The lowest BCUT2D eigenvalue weighted by molar-refractivity contribution is 0.0960. The van der Waals surface area contributed by atoms with Crippen LogP contribution in [0.1, 0.15) is 20.9 Å². The zero-order valence-corrected chi connectivity index (χ0v) is 14.0. The first-order chi connectivity index (χ1) is 11.5. The fourth-order valence-corrected chi connectivity index (χ4v) is 2.56. The fraction of sp³-hybridized carbons (Fsp3) is 0.0588. The van der Waals surface area contributed by atoms with Gasteiger partial charge in [0.15, 0.2) is 5.76 Å². The van der Waals surface area contributed by atoms with Crippen molar-refractivity contribution in [2.24, 2.45) is 0 Å². The molecule has 2 aromatic carbocycles. The molecule has 0 spiro atoms. The van der Waals surface area contributed by atoms with Crippen LogP contribution in [0.2, 0.25) is 10.0 Å². The molecule has 5 nitrogen and oxygen atoms in total. The summed E-state index contributed by atoms with van der Waals surface area (Å²) in [6.45, 7) is 0. The summed E-state index contributed by atoms with van der Waals surface area (Å²) >= 11 is 12.0. The standard InChI is InChI=1S/C17H12Cl2N2O3/c1-20-16(22)9-2-4-12(19)13(7-9)21-17(23)15-8-10-6-11(18)3-5-14(10)24-15/h2-8H,1H3,(H,20,22)(H,21,23). The number of hydrogen-bond donors (Lipinski definition) is 2. The molecule has 7 heteroatoms. The zero-order valence-electron chi connectivity index (χ0n) is 12.5. The predicted molar refractivity (Wildman–Crippen MR) is 94.0 cm³/mol. The van der Waals surface area contributed by atoms with Crippen molar-refractivity contribution in [1.82, 2.24) is 5.32 Å². The van der Waals surface area contributed by atoms with E-state index in [9.17, 15) is 9.59 Å². The minimum atomic E-state index is -0.474. The van der Waals surface area contributed by atoms with Crippen molar-refractivity contribution in [3.8, 4) is 0 Å². The van der Waals surface area contributed by atoms with Crippen LogP contribution in [0.3, 0.4) is 0 Å². The maximum atomic E-state index is 12.4. The van der Waals surface area contributed by atoms with E-state index < -0.39 is 5.91 Å². The highest BCUT2D eigenvalue weighted by Gasteiger charge is 2.15. The highest BCUT2D eigenvalue weighted by Crippen LogP contribution is 2.26. The predicted octanol–water partition coefficient (Wildman–Crippen LogP) is 4.35. The minimum Gasteiger partial charge on any atom is -0.451 e. The van der Waals surface area contributed by atoms with Crippen LogP contribution < -0.4 is 10.6 Å². The number of furan rings is 1. The van der Waals surface area contributed by atoms with E-state index in [0.29, 0.717) is 26.9 Å². The van der Waals surface area contributed by atoms with E-state index in [4.69, 9.17) is 27.6 Å². The van der Waals surface area contributed by atoms with Crippen molar-refractivity contribution in [1.29, 1.82) is 0 Å². The molecule has 0 radical (unpaired) electrons. The van der Waals surface area contributed by atoms with E-state index in [1.165, 1.54) is 13.1 Å². The number of benzene rings is 2. The van der Waals surface area contributed by atoms with Crippen molar-refractivity contribution in [3.05, 3.63) is 63.8 Å². The number of carbonyl (C=O) groups is 2. The van der Waals surface area contributed by atoms with E-state index in [2.05, 4.69) is 10.6 Å². The Labute approximate surface area is 147 Å². The number of amides is 2. The van der Waals surface area contributed by atoms with Crippen LogP contribution in [0.5, 0.6) is 0 Å². The maximum Gasteiger partial charge on any atom is 0.291 e. The third kappa shape index (κ3) is 3.22. The maximum absolute atomic E-state index is 12.4. The molecule has 0 saturated heterocycles. The van der Waals surface area contributed by atoms with E-state index in [-0.39, 0.29) is 11.7 Å². The van der Waals surface area contributed by atoms with E-state index >= 15 is 0 Å². The molecular formula is C17H12Cl2N2O3. The Hall–Kier alpha value is -2.50. The molecule has 24 heavy (non-hydrogen) atoms. The Morgan fingerprint density at radius 1 is 1.00 bits per heavy atom. The monoisotopic (exact) mass is 362 g/mol. The van der Waals surface area contributed by atoms with Crippen LogP contribution in [-0.4, -0.2) is 18.9 Å². The Morgan fingerprint density at radius 3 is 2.54 bits per heavy atom. The van der Waals surface area contributed by atoms with Crippen LogP contribution in [-0.2, 0) is 0 Å².